The Kier molecular flexibility index (Phi) is 17.9. The molecule has 64 heavy (non-hydrogen) atoms. The number of nitrogens with one attached hydrogen (secondary N) is 4. The summed E-state index contributed by atoms with van der Waals surface area (Å²) in [6.07, 6.45) is 0. The predicted molar refractivity (Wildman–Crippen MR) is 249 cm³/mol. The molecule has 0 fully saturated rings. The van der Waals surface area contributed by atoms with Gasteiger partial charge in [0.2, 0.25) is 12.1 Å². The molecule has 20 heteroatoms. The van der Waals surface area contributed by atoms with Gasteiger partial charge < -0.3 is 26.0 Å². The molecule has 0 heterocycles. The second-order valence-electron chi connectivity index (χ2n) is 13.6. The Balaban J connectivity index is 1.27. The van der Waals surface area contributed by atoms with Gasteiger partial charge in [-0.2, -0.15) is 20.5 Å². The molecule has 5 aromatic carbocycles. The van der Waals surface area contributed by atoms with Crippen LogP contribution in [-0.2, 0) is 30.9 Å². The van der Waals surface area contributed by atoms with E-state index in [0.29, 0.717) is 23.1 Å². The molecule has 0 radical (unpaired) electrons. The van der Waals surface area contributed by atoms with Crippen LogP contribution in [-0.4, -0.2) is 59.8 Å². The van der Waals surface area contributed by atoms with Crippen LogP contribution in [0.5, 0.6) is 5.75 Å². The molecule has 0 aromatic heterocycles. The van der Waals surface area contributed by atoms with Crippen LogP contribution in [0.25, 0.3) is 0 Å². The summed E-state index contributed by atoms with van der Waals surface area (Å²) in [5, 5.41) is 26.9. The van der Waals surface area contributed by atoms with E-state index in [9.17, 15) is 28.8 Å². The van der Waals surface area contributed by atoms with Gasteiger partial charge >= 0.3 is 0 Å². The van der Waals surface area contributed by atoms with Crippen LogP contribution < -0.4 is 26.0 Å². The van der Waals surface area contributed by atoms with Crippen LogP contribution in [0.15, 0.2) is 124 Å². The molecule has 0 spiro atoms. The normalized spacial score (nSPS) is 12.0. The van der Waals surface area contributed by atoms with Crippen molar-refractivity contribution in [3.63, 3.8) is 0 Å². The number of rotatable bonds is 19. The Bertz CT molecular complexity index is 2610. The molecule has 2 atom stereocenters. The molecule has 0 aliphatic carbocycles. The molecule has 15 nitrogen and oxygen atoms in total. The summed E-state index contributed by atoms with van der Waals surface area (Å²) in [5.74, 6) is -3.38. The van der Waals surface area contributed by atoms with Crippen molar-refractivity contribution in [2.45, 2.75) is 37.7 Å². The lowest BCUT2D eigenvalue weighted by Gasteiger charge is -2.16. The van der Waals surface area contributed by atoms with E-state index < -0.39 is 47.3 Å². The number of anilines is 4. The Morgan fingerprint density at radius 1 is 0.547 bits per heavy atom. The Morgan fingerprint density at radius 2 is 0.984 bits per heavy atom. The fourth-order valence-corrected chi connectivity index (χ4v) is 6.36. The number of nitrogens with zero attached hydrogens (tertiary/aromatic N) is 4. The third-order valence-electron chi connectivity index (χ3n) is 8.81. The SMILES string of the molecule is CC(=O)C(N=Nc1ccc(Cl)c(C(=O)Nc2ccc(CCl)cc2)c1)C(=O)Nc1ccc(NC(=O)C(N=Nc2ccc(Cl)c(C(=O)Nc3ccc(CCl)cc3)c2)C(C)=O)c(OCCCl)c1. The number of hydrogen-bond donors (Lipinski definition) is 4. The molecule has 5 aromatic rings. The molecule has 0 aliphatic heterocycles. The van der Waals surface area contributed by atoms with Gasteiger partial charge in [-0.25, -0.2) is 0 Å². The quantitative estimate of drug-likeness (QED) is 0.0357. The van der Waals surface area contributed by atoms with Gasteiger partial charge in [-0.15, -0.1) is 34.8 Å². The number of benzene rings is 5. The van der Waals surface area contributed by atoms with E-state index in [1.54, 1.807) is 48.5 Å². The minimum absolute atomic E-state index is 0.0193. The summed E-state index contributed by atoms with van der Waals surface area (Å²) in [6, 6.07) is 23.2. The lowest BCUT2D eigenvalue weighted by Crippen LogP contribution is -2.32. The molecular weight excluding hydrogens is 930 g/mol. The largest absolute Gasteiger partial charge is 0.490 e. The van der Waals surface area contributed by atoms with Crippen molar-refractivity contribution >= 4 is 127 Å². The summed E-state index contributed by atoms with van der Waals surface area (Å²) in [5.41, 5.74) is 3.36. The number of azo groups is 2. The average molecular weight is 967 g/mol. The van der Waals surface area contributed by atoms with E-state index in [2.05, 4.69) is 41.7 Å². The summed E-state index contributed by atoms with van der Waals surface area (Å²) < 4.78 is 5.73. The van der Waals surface area contributed by atoms with E-state index >= 15 is 0 Å². The fourth-order valence-electron chi connectivity index (χ4n) is 5.52. The molecule has 0 saturated carbocycles. The Morgan fingerprint density at radius 3 is 1.41 bits per heavy atom. The lowest BCUT2D eigenvalue weighted by molar-refractivity contribution is -0.127. The van der Waals surface area contributed by atoms with Gasteiger partial charge in [0.1, 0.15) is 12.4 Å². The van der Waals surface area contributed by atoms with Gasteiger partial charge in [-0.1, -0.05) is 47.5 Å². The van der Waals surface area contributed by atoms with Crippen molar-refractivity contribution in [3.8, 4) is 5.75 Å². The number of carbonyl (C=O) groups is 6. The number of alkyl halides is 3. The highest BCUT2D eigenvalue weighted by atomic mass is 35.5. The van der Waals surface area contributed by atoms with Crippen LogP contribution >= 0.6 is 58.0 Å². The summed E-state index contributed by atoms with van der Waals surface area (Å²) in [6.45, 7) is 2.29. The van der Waals surface area contributed by atoms with E-state index in [1.165, 1.54) is 54.6 Å². The highest BCUT2D eigenvalue weighted by Crippen LogP contribution is 2.31. The molecule has 0 aliphatic rings. The van der Waals surface area contributed by atoms with Crippen LogP contribution in [0.2, 0.25) is 10.0 Å². The third kappa shape index (κ3) is 13.6. The minimum Gasteiger partial charge on any atom is -0.490 e. The maximum atomic E-state index is 13.5. The van der Waals surface area contributed by atoms with Crippen LogP contribution in [0.3, 0.4) is 0 Å². The molecule has 4 N–H and O–H groups in total. The zero-order chi connectivity index (χ0) is 46.3. The molecular formula is C44H37Cl5N8O7. The molecule has 0 bridgehead atoms. The van der Waals surface area contributed by atoms with Gasteiger partial charge in [-0.05, 0) is 97.8 Å². The smallest absolute Gasteiger partial charge is 0.258 e. The number of Topliss-reactive ketones (excluding diaryl/α,β-unsaturated/α-hetero) is 2. The first-order valence-electron chi connectivity index (χ1n) is 19.0. The number of hydrogen-bond acceptors (Lipinski definition) is 11. The van der Waals surface area contributed by atoms with E-state index in [0.717, 1.165) is 25.0 Å². The van der Waals surface area contributed by atoms with Crippen molar-refractivity contribution in [1.82, 2.24) is 0 Å². The van der Waals surface area contributed by atoms with E-state index in [-0.39, 0.29) is 62.2 Å². The number of amides is 4. The van der Waals surface area contributed by atoms with Gasteiger partial charge in [0.25, 0.3) is 23.6 Å². The van der Waals surface area contributed by atoms with Crippen LogP contribution in [0.4, 0.5) is 34.1 Å². The summed E-state index contributed by atoms with van der Waals surface area (Å²) >= 11 is 30.2. The second-order valence-corrected chi connectivity index (χ2v) is 15.3. The number of halogens is 5. The lowest BCUT2D eigenvalue weighted by atomic mass is 10.1. The standard InChI is InChI=1S/C44H37Cl5N8O7/c1-24(58)39(56-54-31-11-14-35(48)33(19-31)41(60)50-28-7-3-26(22-46)4-8-28)43(62)52-30-13-16-37(38(21-30)64-18-17-45)53-44(63)40(25(2)59)57-55-32-12-15-36(49)34(20-32)42(61)51-29-9-5-27(23-47)6-10-29/h3-16,19-21,39-40H,17-18,22-23H2,1-2H3,(H,50,60)(H,51,61)(H,52,62)(H,53,63). The first-order valence-corrected chi connectivity index (χ1v) is 21.3. The highest BCUT2D eigenvalue weighted by molar-refractivity contribution is 6.35. The van der Waals surface area contributed by atoms with E-state index in [1.807, 2.05) is 0 Å². The number of ketones is 2. The van der Waals surface area contributed by atoms with Crippen LogP contribution in [0.1, 0.15) is 45.7 Å². The molecule has 4 amide bonds. The zero-order valence-corrected chi connectivity index (χ0v) is 37.6. The number of ether oxygens (including phenoxy) is 1. The van der Waals surface area contributed by atoms with Gasteiger partial charge in [0.05, 0.1) is 44.1 Å². The monoisotopic (exact) mass is 964 g/mol. The average Bonchev–Trinajstić information content (AvgIpc) is 3.27. The molecule has 330 valence electrons. The van der Waals surface area contributed by atoms with Crippen molar-refractivity contribution in [2.24, 2.45) is 20.5 Å². The predicted octanol–water partition coefficient (Wildman–Crippen LogP) is 11.0. The van der Waals surface area contributed by atoms with Gasteiger partial charge in [-0.3, -0.25) is 28.8 Å². The second kappa shape index (κ2) is 23.5. The number of carbonyl (C=O) groups excluding carboxylic acids is 6. The van der Waals surface area contributed by atoms with Gasteiger partial charge in [0, 0.05) is 34.9 Å². The maximum absolute atomic E-state index is 13.5. The first-order chi connectivity index (χ1) is 30.7. The van der Waals surface area contributed by atoms with Crippen molar-refractivity contribution in [1.29, 1.82) is 0 Å². The fraction of sp³-hybridized carbons (Fsp3) is 0.182. The first kappa shape index (κ1) is 48.8. The molecule has 2 unspecified atom stereocenters. The highest BCUT2D eigenvalue weighted by Gasteiger charge is 2.26. The summed E-state index contributed by atoms with van der Waals surface area (Å²) in [4.78, 5) is 78.1. The Labute approximate surface area is 391 Å². The Hall–Kier alpha value is -6.23. The molecule has 0 saturated heterocycles. The van der Waals surface area contributed by atoms with Crippen LogP contribution in [0, 0.1) is 0 Å². The van der Waals surface area contributed by atoms with Gasteiger partial charge in [0.15, 0.2) is 11.6 Å². The van der Waals surface area contributed by atoms with Crippen molar-refractivity contribution in [3.05, 3.63) is 135 Å². The zero-order valence-electron chi connectivity index (χ0n) is 33.8. The van der Waals surface area contributed by atoms with Crippen molar-refractivity contribution < 1.29 is 33.5 Å². The topological polar surface area (TPSA) is 209 Å². The molecule has 5 rings (SSSR count). The third-order valence-corrected chi connectivity index (χ3v) is 10.2. The maximum Gasteiger partial charge on any atom is 0.258 e. The van der Waals surface area contributed by atoms with Crippen molar-refractivity contribution in [2.75, 3.05) is 33.8 Å². The van der Waals surface area contributed by atoms with E-state index in [4.69, 9.17) is 62.7 Å². The summed E-state index contributed by atoms with van der Waals surface area (Å²) in [7, 11) is 0. The minimum atomic E-state index is -1.63.